The van der Waals surface area contributed by atoms with Crippen LogP contribution in [0.2, 0.25) is 0 Å². The van der Waals surface area contributed by atoms with Gasteiger partial charge < -0.3 is 20.2 Å². The average molecular weight is 287 g/mol. The van der Waals surface area contributed by atoms with Crippen molar-refractivity contribution in [3.05, 3.63) is 0 Å². The molecular formula is C14H29N3O3. The first-order valence-electron chi connectivity index (χ1n) is 6.89. The molecule has 0 aliphatic carbocycles. The summed E-state index contributed by atoms with van der Waals surface area (Å²) in [6.07, 6.45) is 0.532. The molecule has 0 aromatic rings. The molecule has 0 aromatic carbocycles. The molecule has 2 amide bonds. The summed E-state index contributed by atoms with van der Waals surface area (Å²) in [5.41, 5.74) is -0.0788. The molecule has 1 atom stereocenters. The SMILES string of the molecule is CN(C)CCN(C)C(=O)NCC(CC(C)(C)C)C(=O)O. The van der Waals surface area contributed by atoms with Crippen LogP contribution in [0.4, 0.5) is 4.79 Å². The molecule has 6 nitrogen and oxygen atoms in total. The van der Waals surface area contributed by atoms with E-state index in [1.807, 2.05) is 39.8 Å². The van der Waals surface area contributed by atoms with E-state index in [1.54, 1.807) is 11.9 Å². The Balaban J connectivity index is 4.27. The van der Waals surface area contributed by atoms with Crippen molar-refractivity contribution in [2.75, 3.05) is 40.8 Å². The Morgan fingerprint density at radius 3 is 2.10 bits per heavy atom. The highest BCUT2D eigenvalue weighted by atomic mass is 16.4. The predicted molar refractivity (Wildman–Crippen MR) is 79.8 cm³/mol. The molecule has 6 heteroatoms. The molecule has 0 fully saturated rings. The van der Waals surface area contributed by atoms with Gasteiger partial charge in [0.15, 0.2) is 0 Å². The topological polar surface area (TPSA) is 72.9 Å². The van der Waals surface area contributed by atoms with Gasteiger partial charge in [0.05, 0.1) is 5.92 Å². The van der Waals surface area contributed by atoms with E-state index in [0.29, 0.717) is 13.0 Å². The first-order chi connectivity index (χ1) is 9.03. The van der Waals surface area contributed by atoms with Crippen LogP contribution in [-0.2, 0) is 4.79 Å². The molecule has 0 saturated heterocycles. The summed E-state index contributed by atoms with van der Waals surface area (Å²) in [5, 5.41) is 11.9. The van der Waals surface area contributed by atoms with Gasteiger partial charge >= 0.3 is 12.0 Å². The maximum absolute atomic E-state index is 11.9. The second-order valence-electron chi connectivity index (χ2n) is 6.71. The van der Waals surface area contributed by atoms with Crippen molar-refractivity contribution in [1.29, 1.82) is 0 Å². The second kappa shape index (κ2) is 8.09. The maximum atomic E-state index is 11.9. The Labute approximate surface area is 122 Å². The summed E-state index contributed by atoms with van der Waals surface area (Å²) in [6.45, 7) is 7.53. The molecule has 0 aliphatic rings. The van der Waals surface area contributed by atoms with Crippen molar-refractivity contribution >= 4 is 12.0 Å². The van der Waals surface area contributed by atoms with Crippen molar-refractivity contribution in [2.24, 2.45) is 11.3 Å². The lowest BCUT2D eigenvalue weighted by Crippen LogP contribution is -2.43. The van der Waals surface area contributed by atoms with E-state index < -0.39 is 11.9 Å². The zero-order chi connectivity index (χ0) is 15.9. The minimum atomic E-state index is -0.865. The Morgan fingerprint density at radius 1 is 1.15 bits per heavy atom. The molecule has 20 heavy (non-hydrogen) atoms. The number of carboxylic acid groups (broad SMARTS) is 1. The number of aliphatic carboxylic acids is 1. The van der Waals surface area contributed by atoms with Crippen molar-refractivity contribution in [3.8, 4) is 0 Å². The maximum Gasteiger partial charge on any atom is 0.317 e. The van der Waals surface area contributed by atoms with Crippen LogP contribution in [-0.4, -0.2) is 67.7 Å². The monoisotopic (exact) mass is 287 g/mol. The van der Waals surface area contributed by atoms with Crippen LogP contribution in [0.25, 0.3) is 0 Å². The number of carboxylic acids is 1. The van der Waals surface area contributed by atoms with Crippen molar-refractivity contribution in [1.82, 2.24) is 15.1 Å². The molecule has 2 N–H and O–H groups in total. The summed E-state index contributed by atoms with van der Waals surface area (Å²) < 4.78 is 0. The lowest BCUT2D eigenvalue weighted by atomic mass is 9.84. The van der Waals surface area contributed by atoms with Gasteiger partial charge in [-0.05, 0) is 25.9 Å². The number of rotatable bonds is 7. The van der Waals surface area contributed by atoms with Gasteiger partial charge in [0.1, 0.15) is 0 Å². The Bertz CT molecular complexity index is 324. The highest BCUT2D eigenvalue weighted by Gasteiger charge is 2.25. The number of carbonyl (C=O) groups is 2. The van der Waals surface area contributed by atoms with Gasteiger partial charge in [0.2, 0.25) is 0 Å². The molecule has 0 radical (unpaired) electrons. The second-order valence-corrected chi connectivity index (χ2v) is 6.71. The Hall–Kier alpha value is -1.30. The smallest absolute Gasteiger partial charge is 0.317 e. The van der Waals surface area contributed by atoms with Crippen molar-refractivity contribution in [2.45, 2.75) is 27.2 Å². The van der Waals surface area contributed by atoms with Crippen LogP contribution in [0.3, 0.4) is 0 Å². The van der Waals surface area contributed by atoms with E-state index in [9.17, 15) is 14.7 Å². The highest BCUT2D eigenvalue weighted by molar-refractivity contribution is 5.75. The van der Waals surface area contributed by atoms with Gasteiger partial charge in [-0.1, -0.05) is 20.8 Å². The number of nitrogens with zero attached hydrogens (tertiary/aromatic N) is 2. The minimum absolute atomic E-state index is 0.0788. The van der Waals surface area contributed by atoms with Gasteiger partial charge in [-0.25, -0.2) is 4.79 Å². The number of hydrogen-bond donors (Lipinski definition) is 2. The van der Waals surface area contributed by atoms with Crippen LogP contribution in [0.15, 0.2) is 0 Å². The number of nitrogens with one attached hydrogen (secondary N) is 1. The van der Waals surface area contributed by atoms with Crippen LogP contribution in [0.1, 0.15) is 27.2 Å². The molecule has 0 aliphatic heterocycles. The molecule has 0 aromatic heterocycles. The standard InChI is InChI=1S/C14H29N3O3/c1-14(2,3)9-11(12(18)19)10-15-13(20)17(6)8-7-16(4)5/h11H,7-10H2,1-6H3,(H,15,20)(H,18,19). The minimum Gasteiger partial charge on any atom is -0.481 e. The van der Waals surface area contributed by atoms with E-state index in [0.717, 1.165) is 6.54 Å². The first-order valence-corrected chi connectivity index (χ1v) is 6.89. The van der Waals surface area contributed by atoms with Gasteiger partial charge in [0, 0.05) is 26.7 Å². The number of likely N-dealkylation sites (N-methyl/N-ethyl adjacent to an activating group) is 2. The quantitative estimate of drug-likeness (QED) is 0.741. The lowest BCUT2D eigenvalue weighted by Gasteiger charge is -2.25. The molecular weight excluding hydrogens is 258 g/mol. The number of urea groups is 1. The molecule has 0 heterocycles. The summed E-state index contributed by atoms with van der Waals surface area (Å²) in [6, 6.07) is -0.230. The molecule has 0 bridgehead atoms. The number of hydrogen-bond acceptors (Lipinski definition) is 3. The van der Waals surface area contributed by atoms with Crippen LogP contribution in [0, 0.1) is 11.3 Å². The molecule has 0 rings (SSSR count). The van der Waals surface area contributed by atoms with Gasteiger partial charge in [-0.15, -0.1) is 0 Å². The highest BCUT2D eigenvalue weighted by Crippen LogP contribution is 2.24. The molecule has 118 valence electrons. The van der Waals surface area contributed by atoms with Gasteiger partial charge in [-0.3, -0.25) is 4.79 Å². The van der Waals surface area contributed by atoms with E-state index in [4.69, 9.17) is 0 Å². The van der Waals surface area contributed by atoms with Crippen molar-refractivity contribution in [3.63, 3.8) is 0 Å². The fourth-order valence-electron chi connectivity index (χ4n) is 1.78. The predicted octanol–water partition coefficient (Wildman–Crippen LogP) is 1.33. The largest absolute Gasteiger partial charge is 0.481 e. The summed E-state index contributed by atoms with van der Waals surface area (Å²) in [5.74, 6) is -1.42. The number of carbonyl (C=O) groups excluding carboxylic acids is 1. The molecule has 0 saturated carbocycles. The first kappa shape index (κ1) is 18.7. The van der Waals surface area contributed by atoms with Gasteiger partial charge in [0.25, 0.3) is 0 Å². The third-order valence-electron chi connectivity index (χ3n) is 2.94. The van der Waals surface area contributed by atoms with Crippen LogP contribution < -0.4 is 5.32 Å². The van der Waals surface area contributed by atoms with Crippen LogP contribution in [0.5, 0.6) is 0 Å². The number of amides is 2. The van der Waals surface area contributed by atoms with E-state index in [2.05, 4.69) is 5.32 Å². The summed E-state index contributed by atoms with van der Waals surface area (Å²) in [4.78, 5) is 26.6. The third-order valence-corrected chi connectivity index (χ3v) is 2.94. The zero-order valence-electron chi connectivity index (χ0n) is 13.6. The Morgan fingerprint density at radius 2 is 1.70 bits per heavy atom. The van der Waals surface area contributed by atoms with E-state index in [1.165, 1.54) is 0 Å². The normalized spacial score (nSPS) is 13.2. The van der Waals surface area contributed by atoms with E-state index in [-0.39, 0.29) is 18.0 Å². The van der Waals surface area contributed by atoms with E-state index >= 15 is 0 Å². The Kier molecular flexibility index (Phi) is 7.57. The summed E-state index contributed by atoms with van der Waals surface area (Å²) >= 11 is 0. The van der Waals surface area contributed by atoms with Crippen LogP contribution >= 0.6 is 0 Å². The summed E-state index contributed by atoms with van der Waals surface area (Å²) in [7, 11) is 5.59. The zero-order valence-corrected chi connectivity index (χ0v) is 13.6. The molecule has 0 spiro atoms. The molecule has 1 unspecified atom stereocenters. The van der Waals surface area contributed by atoms with Crippen molar-refractivity contribution < 1.29 is 14.7 Å². The fourth-order valence-corrected chi connectivity index (χ4v) is 1.78. The average Bonchev–Trinajstić information content (AvgIpc) is 2.29. The third kappa shape index (κ3) is 8.74. The van der Waals surface area contributed by atoms with Gasteiger partial charge in [-0.2, -0.15) is 0 Å². The fraction of sp³-hybridized carbons (Fsp3) is 0.857. The lowest BCUT2D eigenvalue weighted by molar-refractivity contribution is -0.142.